The lowest BCUT2D eigenvalue weighted by molar-refractivity contribution is -0.139. The van der Waals surface area contributed by atoms with Gasteiger partial charge in [0.1, 0.15) is 17.7 Å². The quantitative estimate of drug-likeness (QED) is 0.666. The van der Waals surface area contributed by atoms with Crippen molar-refractivity contribution >= 4 is 34.8 Å². The zero-order valence-electron chi connectivity index (χ0n) is 16.3. The second-order valence-corrected chi connectivity index (χ2v) is 8.84. The van der Waals surface area contributed by atoms with Gasteiger partial charge in [0.25, 0.3) is 5.92 Å². The monoisotopic (exact) mass is 462 g/mol. The van der Waals surface area contributed by atoms with Crippen LogP contribution in [-0.2, 0) is 10.3 Å². The van der Waals surface area contributed by atoms with Crippen LogP contribution in [0.1, 0.15) is 29.3 Å². The summed E-state index contributed by atoms with van der Waals surface area (Å²) >= 11 is 0.248. The summed E-state index contributed by atoms with van der Waals surface area (Å²) in [5.41, 5.74) is 3.61. The molecule has 2 aliphatic rings. The molecule has 0 spiro atoms. The number of thioether (sulfide) groups is 1. The second-order valence-electron chi connectivity index (χ2n) is 7.57. The van der Waals surface area contributed by atoms with E-state index in [-0.39, 0.29) is 34.1 Å². The summed E-state index contributed by atoms with van der Waals surface area (Å²) in [6.45, 7) is 1.19. The number of carbonyl (C=O) groups is 1. The Morgan fingerprint density at radius 3 is 2.66 bits per heavy atom. The van der Waals surface area contributed by atoms with Crippen LogP contribution in [0.15, 0.2) is 41.5 Å². The normalized spacial score (nSPS) is 28.3. The van der Waals surface area contributed by atoms with E-state index in [2.05, 4.69) is 9.98 Å². The topological polar surface area (TPSA) is 112 Å². The second kappa shape index (κ2) is 7.06. The molecule has 1 aromatic heterocycles. The predicted octanol–water partition coefficient (Wildman–Crippen LogP) is 3.93. The number of carboxylic acids is 1. The lowest BCUT2D eigenvalue weighted by Crippen LogP contribution is -2.39. The van der Waals surface area contributed by atoms with E-state index in [1.54, 1.807) is 0 Å². The summed E-state index contributed by atoms with van der Waals surface area (Å²) in [5.74, 6) is -9.03. The van der Waals surface area contributed by atoms with Crippen LogP contribution in [-0.4, -0.2) is 31.9 Å². The van der Waals surface area contributed by atoms with Crippen molar-refractivity contribution in [1.29, 1.82) is 5.26 Å². The molecule has 2 aromatic rings. The largest absolute Gasteiger partial charge is 0.480 e. The fourth-order valence-electron chi connectivity index (χ4n) is 4.11. The number of alkyl halides is 2. The Kier molecular flexibility index (Phi) is 4.82. The molecule has 6 nitrogen and oxygen atoms in total. The number of nitriles is 1. The minimum atomic E-state index is -3.70. The smallest absolute Gasteiger partial charge is 0.327 e. The first-order valence-electron chi connectivity index (χ1n) is 9.16. The third-order valence-corrected chi connectivity index (χ3v) is 6.94. The molecule has 3 atom stereocenters. The Bertz CT molecular complexity index is 1240. The first kappa shape index (κ1) is 21.8. The number of rotatable bonds is 4. The first-order chi connectivity index (χ1) is 15.0. The third-order valence-electron chi connectivity index (χ3n) is 5.64. The van der Waals surface area contributed by atoms with Gasteiger partial charge in [0.2, 0.25) is 0 Å². The Morgan fingerprint density at radius 1 is 1.34 bits per heavy atom. The number of carboxylic acid groups (broad SMARTS) is 1. The Balaban J connectivity index is 1.78. The minimum Gasteiger partial charge on any atom is -0.480 e. The zero-order valence-corrected chi connectivity index (χ0v) is 17.1. The molecule has 1 saturated carbocycles. The number of aliphatic imine (C=N–C) groups is 1. The molecule has 1 aliphatic carbocycles. The molecular formula is C21H14F4N4O2S. The van der Waals surface area contributed by atoms with E-state index in [0.29, 0.717) is 0 Å². The number of aromatic nitrogens is 1. The molecule has 3 unspecified atom stereocenters. The molecule has 32 heavy (non-hydrogen) atoms. The predicted molar refractivity (Wildman–Crippen MR) is 110 cm³/mol. The molecule has 0 bridgehead atoms. The molecule has 164 valence electrons. The van der Waals surface area contributed by atoms with Crippen LogP contribution in [0.2, 0.25) is 0 Å². The van der Waals surface area contributed by atoms with Crippen LogP contribution >= 0.6 is 11.8 Å². The zero-order chi connectivity index (χ0) is 23.5. The maximum atomic E-state index is 14.8. The van der Waals surface area contributed by atoms with Crippen LogP contribution in [0, 0.1) is 23.1 Å². The average Bonchev–Trinajstić information content (AvgIpc) is 3.26. The van der Waals surface area contributed by atoms with Crippen molar-refractivity contribution in [2.45, 2.75) is 23.1 Å². The van der Waals surface area contributed by atoms with Gasteiger partial charge in [-0.1, -0.05) is 17.8 Å². The summed E-state index contributed by atoms with van der Waals surface area (Å²) in [6, 6.07) is 7.82. The molecule has 1 fully saturated rings. The van der Waals surface area contributed by atoms with Crippen molar-refractivity contribution in [2.24, 2.45) is 16.6 Å². The van der Waals surface area contributed by atoms with Crippen LogP contribution in [0.3, 0.4) is 0 Å². The van der Waals surface area contributed by atoms with Crippen molar-refractivity contribution in [3.8, 4) is 6.07 Å². The number of halogens is 4. The molecule has 0 radical (unpaired) electrons. The molecule has 4 rings (SSSR count). The molecule has 2 heterocycles. The number of benzene rings is 1. The van der Waals surface area contributed by atoms with Crippen molar-refractivity contribution in [3.05, 3.63) is 64.7 Å². The molecule has 11 heteroatoms. The van der Waals surface area contributed by atoms with Crippen molar-refractivity contribution in [1.82, 2.24) is 4.98 Å². The fraction of sp³-hybridized carbons (Fsp3) is 0.238. The van der Waals surface area contributed by atoms with Crippen molar-refractivity contribution < 1.29 is 27.5 Å². The summed E-state index contributed by atoms with van der Waals surface area (Å²) in [5, 5.41) is 17.9. The van der Waals surface area contributed by atoms with E-state index in [0.717, 1.165) is 18.2 Å². The number of hydrogen-bond donors (Lipinski definition) is 2. The van der Waals surface area contributed by atoms with Crippen molar-refractivity contribution in [2.75, 3.05) is 0 Å². The highest BCUT2D eigenvalue weighted by Gasteiger charge is 2.92. The average molecular weight is 462 g/mol. The van der Waals surface area contributed by atoms with Gasteiger partial charge in [-0.3, -0.25) is 14.8 Å². The number of aliphatic carboxylic acids is 1. The highest BCUT2D eigenvalue weighted by Crippen LogP contribution is 2.74. The lowest BCUT2D eigenvalue weighted by atomic mass is 9.84. The van der Waals surface area contributed by atoms with E-state index < -0.39 is 44.9 Å². The van der Waals surface area contributed by atoms with Gasteiger partial charge in [0.05, 0.1) is 22.7 Å². The van der Waals surface area contributed by atoms with Crippen LogP contribution in [0.25, 0.3) is 11.9 Å². The van der Waals surface area contributed by atoms with Crippen molar-refractivity contribution in [3.63, 3.8) is 0 Å². The number of nitrogens with zero attached hydrogens (tertiary/aromatic N) is 3. The van der Waals surface area contributed by atoms with E-state index >= 15 is 0 Å². The summed E-state index contributed by atoms with van der Waals surface area (Å²) in [7, 11) is 0. The Labute approximate surface area is 183 Å². The van der Waals surface area contributed by atoms with Gasteiger partial charge in [-0.2, -0.15) is 5.26 Å². The van der Waals surface area contributed by atoms with Gasteiger partial charge in [0.15, 0.2) is 9.91 Å². The van der Waals surface area contributed by atoms with Gasteiger partial charge in [-0.05, 0) is 42.8 Å². The first-order valence-corrected chi connectivity index (χ1v) is 9.98. The third kappa shape index (κ3) is 2.97. The van der Waals surface area contributed by atoms with Gasteiger partial charge < -0.3 is 10.8 Å². The maximum absolute atomic E-state index is 14.8. The number of fused-ring (bicyclic) bond motifs is 1. The number of nitrogens with two attached hydrogens (primary N) is 1. The number of amidine groups is 1. The number of pyridine rings is 1. The molecule has 1 aromatic carbocycles. The van der Waals surface area contributed by atoms with Crippen LogP contribution in [0.4, 0.5) is 17.6 Å². The highest BCUT2D eigenvalue weighted by molar-refractivity contribution is 8.16. The fourth-order valence-corrected chi connectivity index (χ4v) is 5.45. The number of hydrogen-bond acceptors (Lipinski definition) is 6. The summed E-state index contributed by atoms with van der Waals surface area (Å²) < 4.78 is 56.3. The van der Waals surface area contributed by atoms with Gasteiger partial charge in [-0.15, -0.1) is 0 Å². The minimum absolute atomic E-state index is 0.0870. The van der Waals surface area contributed by atoms with E-state index in [9.17, 15) is 27.5 Å². The Hall–Kier alpha value is -3.39. The summed E-state index contributed by atoms with van der Waals surface area (Å²) in [4.78, 5) is 19.5. The van der Waals surface area contributed by atoms with Gasteiger partial charge in [0, 0.05) is 11.8 Å². The maximum Gasteiger partial charge on any atom is 0.327 e. The lowest BCUT2D eigenvalue weighted by Gasteiger charge is -2.31. The van der Waals surface area contributed by atoms with Gasteiger partial charge >= 0.3 is 5.97 Å². The Morgan fingerprint density at radius 2 is 2.06 bits per heavy atom. The summed E-state index contributed by atoms with van der Waals surface area (Å²) in [6.07, 6.45) is 2.19. The standard InChI is InChI=1S/C21H14F4N4O2S/c1-19(16-20(17(30)31,21(16,24)25)32-18(27)29-19)12-6-10(2-4-13(12)22)7-14(23)15-5-3-11(8-26)9-28-15/h2-7,9,16H,1H3,(H2,27,29)(H,30,31). The van der Waals surface area contributed by atoms with E-state index in [4.69, 9.17) is 11.0 Å². The van der Waals surface area contributed by atoms with Gasteiger partial charge in [-0.25, -0.2) is 17.6 Å². The van der Waals surface area contributed by atoms with Crippen LogP contribution < -0.4 is 5.73 Å². The molecule has 0 saturated heterocycles. The molecule has 1 aliphatic heterocycles. The van der Waals surface area contributed by atoms with E-state index in [1.165, 1.54) is 31.3 Å². The van der Waals surface area contributed by atoms with Crippen LogP contribution in [0.5, 0.6) is 0 Å². The molecular weight excluding hydrogens is 448 g/mol. The molecule has 3 N–H and O–H groups in total. The SMILES string of the molecule is CC1(c2cc(C=C(F)c3ccc(C#N)cn3)ccc2F)N=C(N)SC2(C(=O)O)C1C2(F)F. The molecule has 0 amide bonds. The highest BCUT2D eigenvalue weighted by atomic mass is 32.2. The van der Waals surface area contributed by atoms with E-state index in [1.807, 2.05) is 6.07 Å².